The summed E-state index contributed by atoms with van der Waals surface area (Å²) in [5.74, 6) is 0. The van der Waals surface area contributed by atoms with Crippen molar-refractivity contribution in [3.8, 4) is 0 Å². The fourth-order valence-electron chi connectivity index (χ4n) is 1.24. The standard InChI is InChI=1S/C10H14N2O2S2/c1-2-15-10-6-4-3-5-9(10)7-8-12-16(11,13)14/h2-6,12H,1,7-8H2,(H2,11,13,14). The maximum atomic E-state index is 10.7. The van der Waals surface area contributed by atoms with Gasteiger partial charge in [0.15, 0.2) is 0 Å². The molecule has 0 unspecified atom stereocenters. The van der Waals surface area contributed by atoms with Crippen LogP contribution in [0.3, 0.4) is 0 Å². The van der Waals surface area contributed by atoms with Gasteiger partial charge in [-0.1, -0.05) is 36.5 Å². The first-order chi connectivity index (χ1) is 7.53. The van der Waals surface area contributed by atoms with E-state index in [1.807, 2.05) is 24.3 Å². The summed E-state index contributed by atoms with van der Waals surface area (Å²) in [4.78, 5) is 1.08. The van der Waals surface area contributed by atoms with Gasteiger partial charge >= 0.3 is 0 Å². The number of thioether (sulfide) groups is 1. The van der Waals surface area contributed by atoms with E-state index in [2.05, 4.69) is 11.3 Å². The molecule has 0 aliphatic carbocycles. The molecule has 0 bridgehead atoms. The average Bonchev–Trinajstić information content (AvgIpc) is 2.19. The van der Waals surface area contributed by atoms with Gasteiger partial charge in [0.1, 0.15) is 0 Å². The monoisotopic (exact) mass is 258 g/mol. The van der Waals surface area contributed by atoms with Gasteiger partial charge in [-0.05, 0) is 23.5 Å². The van der Waals surface area contributed by atoms with Crippen molar-refractivity contribution < 1.29 is 8.42 Å². The van der Waals surface area contributed by atoms with Gasteiger partial charge in [0, 0.05) is 11.4 Å². The van der Waals surface area contributed by atoms with Crippen LogP contribution in [0.4, 0.5) is 0 Å². The minimum Gasteiger partial charge on any atom is -0.216 e. The van der Waals surface area contributed by atoms with Crippen molar-refractivity contribution in [3.63, 3.8) is 0 Å². The molecule has 0 aliphatic heterocycles. The molecule has 0 radical (unpaired) electrons. The molecule has 0 amide bonds. The van der Waals surface area contributed by atoms with Crippen molar-refractivity contribution in [3.05, 3.63) is 41.8 Å². The number of hydrogen-bond donors (Lipinski definition) is 2. The third-order valence-electron chi connectivity index (χ3n) is 1.88. The van der Waals surface area contributed by atoms with E-state index in [1.54, 1.807) is 5.41 Å². The summed E-state index contributed by atoms with van der Waals surface area (Å²) >= 11 is 1.52. The van der Waals surface area contributed by atoms with Crippen LogP contribution in [0.2, 0.25) is 0 Å². The van der Waals surface area contributed by atoms with Crippen LogP contribution in [0.25, 0.3) is 0 Å². The normalized spacial score (nSPS) is 11.3. The summed E-state index contributed by atoms with van der Waals surface area (Å²) in [5, 5.41) is 6.58. The minimum atomic E-state index is -3.60. The zero-order valence-corrected chi connectivity index (χ0v) is 10.4. The lowest BCUT2D eigenvalue weighted by molar-refractivity contribution is 0.583. The highest BCUT2D eigenvalue weighted by molar-refractivity contribution is 8.02. The second kappa shape index (κ2) is 6.05. The number of rotatable bonds is 6. The van der Waals surface area contributed by atoms with Gasteiger partial charge in [-0.3, -0.25) is 0 Å². The lowest BCUT2D eigenvalue weighted by Crippen LogP contribution is -2.32. The maximum absolute atomic E-state index is 10.7. The number of hydrogen-bond acceptors (Lipinski definition) is 3. The van der Waals surface area contributed by atoms with E-state index in [0.717, 1.165) is 10.5 Å². The summed E-state index contributed by atoms with van der Waals surface area (Å²) in [6.07, 6.45) is 0.605. The van der Waals surface area contributed by atoms with E-state index in [0.29, 0.717) is 13.0 Å². The molecular weight excluding hydrogens is 244 g/mol. The number of nitrogens with one attached hydrogen (secondary N) is 1. The van der Waals surface area contributed by atoms with E-state index >= 15 is 0 Å². The van der Waals surface area contributed by atoms with Crippen LogP contribution >= 0.6 is 11.8 Å². The lowest BCUT2D eigenvalue weighted by Gasteiger charge is -2.07. The van der Waals surface area contributed by atoms with Crippen LogP contribution < -0.4 is 9.86 Å². The van der Waals surface area contributed by atoms with Crippen molar-refractivity contribution in [2.75, 3.05) is 6.54 Å². The predicted octanol–water partition coefficient (Wildman–Crippen LogP) is 1.26. The maximum Gasteiger partial charge on any atom is 0.274 e. The quantitative estimate of drug-likeness (QED) is 0.754. The first kappa shape index (κ1) is 13.2. The van der Waals surface area contributed by atoms with Crippen molar-refractivity contribution >= 4 is 22.0 Å². The van der Waals surface area contributed by atoms with Crippen molar-refractivity contribution in [2.24, 2.45) is 5.14 Å². The molecule has 0 atom stereocenters. The van der Waals surface area contributed by atoms with E-state index in [1.165, 1.54) is 11.8 Å². The molecular formula is C10H14N2O2S2. The molecule has 88 valence electrons. The lowest BCUT2D eigenvalue weighted by atomic mass is 10.1. The van der Waals surface area contributed by atoms with Gasteiger partial charge in [-0.25, -0.2) is 9.86 Å². The molecule has 0 spiro atoms. The molecule has 4 nitrogen and oxygen atoms in total. The largest absolute Gasteiger partial charge is 0.274 e. The Hall–Kier alpha value is -0.820. The van der Waals surface area contributed by atoms with Crippen molar-refractivity contribution in [2.45, 2.75) is 11.3 Å². The van der Waals surface area contributed by atoms with Gasteiger partial charge in [0.2, 0.25) is 0 Å². The Bertz CT molecular complexity index is 458. The highest BCUT2D eigenvalue weighted by atomic mass is 32.2. The Balaban J connectivity index is 2.62. The molecule has 6 heteroatoms. The summed E-state index contributed by atoms with van der Waals surface area (Å²) in [6.45, 7) is 3.95. The van der Waals surface area contributed by atoms with Gasteiger partial charge in [0.25, 0.3) is 10.2 Å². The zero-order valence-electron chi connectivity index (χ0n) is 8.72. The first-order valence-corrected chi connectivity index (χ1v) is 7.08. The molecule has 1 rings (SSSR count). The van der Waals surface area contributed by atoms with Crippen LogP contribution in [-0.2, 0) is 16.6 Å². The van der Waals surface area contributed by atoms with E-state index in [-0.39, 0.29) is 0 Å². The second-order valence-electron chi connectivity index (χ2n) is 3.08. The first-order valence-electron chi connectivity index (χ1n) is 4.66. The van der Waals surface area contributed by atoms with Crippen LogP contribution in [0.5, 0.6) is 0 Å². The van der Waals surface area contributed by atoms with E-state index in [9.17, 15) is 8.42 Å². The third kappa shape index (κ3) is 4.80. The molecule has 1 aromatic carbocycles. The topological polar surface area (TPSA) is 72.2 Å². The zero-order chi connectivity index (χ0) is 12.0. The minimum absolute atomic E-state index is 0.299. The molecule has 0 fully saturated rings. The second-order valence-corrected chi connectivity index (χ2v) is 5.47. The Morgan fingerprint density at radius 1 is 1.44 bits per heavy atom. The number of benzene rings is 1. The molecule has 0 aliphatic rings. The summed E-state index contributed by atoms with van der Waals surface area (Å²) < 4.78 is 23.6. The predicted molar refractivity (Wildman–Crippen MR) is 67.3 cm³/mol. The van der Waals surface area contributed by atoms with Crippen LogP contribution in [0.15, 0.2) is 41.1 Å². The fourth-order valence-corrected chi connectivity index (χ4v) is 2.29. The van der Waals surface area contributed by atoms with Crippen molar-refractivity contribution in [1.29, 1.82) is 0 Å². The fraction of sp³-hybridized carbons (Fsp3) is 0.200. The van der Waals surface area contributed by atoms with Crippen LogP contribution in [0.1, 0.15) is 5.56 Å². The molecule has 1 aromatic rings. The molecule has 0 saturated carbocycles. The Kier molecular flexibility index (Phi) is 5.01. The SMILES string of the molecule is C=CSc1ccccc1CCNS(N)(=O)=O. The van der Waals surface area contributed by atoms with Crippen LogP contribution in [0, 0.1) is 0 Å². The van der Waals surface area contributed by atoms with Crippen LogP contribution in [-0.4, -0.2) is 15.0 Å². The highest BCUT2D eigenvalue weighted by Gasteiger charge is 2.03. The Morgan fingerprint density at radius 2 is 2.12 bits per heavy atom. The highest BCUT2D eigenvalue weighted by Crippen LogP contribution is 2.23. The summed E-state index contributed by atoms with van der Waals surface area (Å²) in [7, 11) is -3.60. The summed E-state index contributed by atoms with van der Waals surface area (Å²) in [6, 6.07) is 7.77. The van der Waals surface area contributed by atoms with Gasteiger partial charge in [-0.2, -0.15) is 8.42 Å². The van der Waals surface area contributed by atoms with Gasteiger partial charge < -0.3 is 0 Å². The molecule has 3 N–H and O–H groups in total. The smallest absolute Gasteiger partial charge is 0.216 e. The molecule has 0 heterocycles. The van der Waals surface area contributed by atoms with Gasteiger partial charge in [0.05, 0.1) is 0 Å². The van der Waals surface area contributed by atoms with E-state index < -0.39 is 10.2 Å². The summed E-state index contributed by atoms with van der Waals surface area (Å²) in [5.41, 5.74) is 1.07. The molecule has 0 saturated heterocycles. The Morgan fingerprint density at radius 3 is 2.75 bits per heavy atom. The van der Waals surface area contributed by atoms with E-state index in [4.69, 9.17) is 5.14 Å². The molecule has 0 aromatic heterocycles. The van der Waals surface area contributed by atoms with Gasteiger partial charge in [-0.15, -0.1) is 0 Å². The third-order valence-corrected chi connectivity index (χ3v) is 3.31. The number of nitrogens with two attached hydrogens (primary N) is 1. The molecule has 16 heavy (non-hydrogen) atoms. The average molecular weight is 258 g/mol. The van der Waals surface area contributed by atoms with Crippen molar-refractivity contribution in [1.82, 2.24) is 4.72 Å². The Labute approximate surface area is 100 Å².